The van der Waals surface area contributed by atoms with Crippen LogP contribution in [0.2, 0.25) is 0 Å². The Morgan fingerprint density at radius 2 is 2.28 bits per heavy atom. The summed E-state index contributed by atoms with van der Waals surface area (Å²) in [4.78, 5) is 14.1. The predicted octanol–water partition coefficient (Wildman–Crippen LogP) is 3.28. The number of hydrogen-bond donors (Lipinski definition) is 2. The summed E-state index contributed by atoms with van der Waals surface area (Å²) in [5, 5.41) is 13.5. The van der Waals surface area contributed by atoms with E-state index >= 15 is 0 Å². The van der Waals surface area contributed by atoms with Crippen LogP contribution in [0.4, 0.5) is 0 Å². The Balaban J connectivity index is 2.26. The zero-order valence-corrected chi connectivity index (χ0v) is 10.6. The number of hydrogen-bond acceptors (Lipinski definition) is 3. The Kier molecular flexibility index (Phi) is 2.45. The number of fused-ring (bicyclic) bond motifs is 1. The maximum absolute atomic E-state index is 11.1. The largest absolute Gasteiger partial charge is 0.477 e. The topological polar surface area (TPSA) is 79.1 Å². The number of aromatic amines is 1. The van der Waals surface area contributed by atoms with Gasteiger partial charge in [-0.3, -0.25) is 0 Å². The minimum Gasteiger partial charge on any atom is -0.477 e. The normalized spacial score (nSPS) is 10.9. The first-order valence-corrected chi connectivity index (χ1v) is 5.91. The zero-order chi connectivity index (χ0) is 12.7. The quantitative estimate of drug-likeness (QED) is 0.761. The van der Waals surface area contributed by atoms with Crippen LogP contribution < -0.4 is 0 Å². The minimum absolute atomic E-state index is 0.0545. The lowest BCUT2D eigenvalue weighted by Crippen LogP contribution is -1.95. The maximum Gasteiger partial charge on any atom is 0.341 e. The second-order valence-corrected chi connectivity index (χ2v) is 4.68. The molecule has 2 aromatic heterocycles. The molecular weight excluding hydrogens is 300 g/mol. The molecule has 0 atom stereocenters. The summed E-state index contributed by atoms with van der Waals surface area (Å²) >= 11 is 3.38. The predicted molar refractivity (Wildman–Crippen MR) is 68.5 cm³/mol. The second-order valence-electron chi connectivity index (χ2n) is 3.77. The first-order valence-electron chi connectivity index (χ1n) is 5.12. The third-order valence-electron chi connectivity index (χ3n) is 2.69. The van der Waals surface area contributed by atoms with E-state index in [1.54, 1.807) is 6.20 Å². The molecule has 0 saturated heterocycles. The zero-order valence-electron chi connectivity index (χ0n) is 8.98. The number of carboxylic acid groups (broad SMARTS) is 1. The maximum atomic E-state index is 11.1. The number of H-pyrrole nitrogens is 1. The van der Waals surface area contributed by atoms with Gasteiger partial charge in [0, 0.05) is 27.1 Å². The summed E-state index contributed by atoms with van der Waals surface area (Å²) < 4.78 is 5.99. The van der Waals surface area contributed by atoms with Crippen molar-refractivity contribution in [2.45, 2.75) is 0 Å². The van der Waals surface area contributed by atoms with Crippen molar-refractivity contribution in [2.24, 2.45) is 0 Å². The molecule has 0 saturated carbocycles. The monoisotopic (exact) mass is 306 g/mol. The van der Waals surface area contributed by atoms with Gasteiger partial charge in [0.1, 0.15) is 5.56 Å². The molecule has 18 heavy (non-hydrogen) atoms. The number of carbonyl (C=O) groups is 1. The van der Waals surface area contributed by atoms with Crippen molar-refractivity contribution in [1.29, 1.82) is 0 Å². The molecule has 6 heteroatoms. The number of carboxylic acids is 1. The molecule has 2 N–H and O–H groups in total. The average molecular weight is 307 g/mol. The van der Waals surface area contributed by atoms with Gasteiger partial charge in [-0.25, -0.2) is 4.79 Å². The van der Waals surface area contributed by atoms with Crippen molar-refractivity contribution in [3.8, 4) is 11.3 Å². The molecule has 0 spiro atoms. The van der Waals surface area contributed by atoms with Gasteiger partial charge in [-0.05, 0) is 12.1 Å². The molecule has 3 aromatic rings. The molecular formula is C12H7BrN2O3. The lowest BCUT2D eigenvalue weighted by molar-refractivity contribution is 0.0697. The van der Waals surface area contributed by atoms with Crippen LogP contribution in [0.5, 0.6) is 0 Å². The number of halogens is 1. The summed E-state index contributed by atoms with van der Waals surface area (Å²) in [6.07, 6.45) is 2.92. The third kappa shape index (κ3) is 1.62. The van der Waals surface area contributed by atoms with Crippen LogP contribution in [0.15, 0.2) is 39.6 Å². The summed E-state index contributed by atoms with van der Waals surface area (Å²) in [5.41, 5.74) is 1.64. The lowest BCUT2D eigenvalue weighted by atomic mass is 10.1. The number of nitrogens with zero attached hydrogens (tertiary/aromatic N) is 1. The van der Waals surface area contributed by atoms with Crippen LogP contribution in [0.3, 0.4) is 0 Å². The van der Waals surface area contributed by atoms with E-state index in [-0.39, 0.29) is 11.3 Å². The fourth-order valence-corrected chi connectivity index (χ4v) is 2.23. The van der Waals surface area contributed by atoms with Gasteiger partial charge < -0.3 is 14.6 Å². The molecule has 1 aromatic carbocycles. The average Bonchev–Trinajstić information content (AvgIpc) is 2.92. The summed E-state index contributed by atoms with van der Waals surface area (Å²) in [6.45, 7) is 0. The van der Waals surface area contributed by atoms with E-state index in [0.717, 1.165) is 15.4 Å². The van der Waals surface area contributed by atoms with Crippen molar-refractivity contribution in [1.82, 2.24) is 10.1 Å². The van der Waals surface area contributed by atoms with Gasteiger partial charge in [0.15, 0.2) is 5.76 Å². The van der Waals surface area contributed by atoms with Gasteiger partial charge in [-0.15, -0.1) is 0 Å². The van der Waals surface area contributed by atoms with Gasteiger partial charge in [-0.2, -0.15) is 0 Å². The summed E-state index contributed by atoms with van der Waals surface area (Å²) in [6, 6.07) is 5.69. The van der Waals surface area contributed by atoms with Gasteiger partial charge >= 0.3 is 5.97 Å². The van der Waals surface area contributed by atoms with E-state index in [9.17, 15) is 4.79 Å². The highest BCUT2D eigenvalue weighted by molar-refractivity contribution is 9.10. The van der Waals surface area contributed by atoms with Crippen molar-refractivity contribution in [3.63, 3.8) is 0 Å². The smallest absolute Gasteiger partial charge is 0.341 e. The number of rotatable bonds is 2. The molecule has 0 unspecified atom stereocenters. The van der Waals surface area contributed by atoms with Crippen molar-refractivity contribution < 1.29 is 14.4 Å². The van der Waals surface area contributed by atoms with Crippen LogP contribution >= 0.6 is 15.9 Å². The number of nitrogens with one attached hydrogen (secondary N) is 1. The van der Waals surface area contributed by atoms with Gasteiger partial charge in [0.2, 0.25) is 0 Å². The molecule has 90 valence electrons. The van der Waals surface area contributed by atoms with Gasteiger partial charge in [-0.1, -0.05) is 27.2 Å². The second kappa shape index (κ2) is 3.99. The highest BCUT2D eigenvalue weighted by Gasteiger charge is 2.19. The van der Waals surface area contributed by atoms with Crippen molar-refractivity contribution >= 4 is 32.8 Å². The van der Waals surface area contributed by atoms with E-state index in [1.807, 2.05) is 18.2 Å². The molecule has 0 fully saturated rings. The van der Waals surface area contributed by atoms with Gasteiger partial charge in [0.25, 0.3) is 0 Å². The number of aromatic nitrogens is 2. The third-order valence-corrected chi connectivity index (χ3v) is 3.18. The Morgan fingerprint density at radius 1 is 1.44 bits per heavy atom. The van der Waals surface area contributed by atoms with Crippen LogP contribution in [-0.4, -0.2) is 21.2 Å². The first-order chi connectivity index (χ1) is 8.66. The first kappa shape index (κ1) is 11.0. The molecule has 0 aliphatic heterocycles. The molecule has 0 aliphatic carbocycles. The minimum atomic E-state index is -1.06. The molecule has 2 heterocycles. The standard InChI is InChI=1S/C12H7BrN2O3/c13-6-1-2-7-8(4-14-10(7)3-6)11-9(12(16)17)5-15-18-11/h1-5,14H,(H,16,17). The molecule has 3 rings (SSSR count). The molecule has 0 bridgehead atoms. The van der Waals surface area contributed by atoms with Crippen LogP contribution in [-0.2, 0) is 0 Å². The molecule has 0 aliphatic rings. The molecule has 5 nitrogen and oxygen atoms in total. The van der Waals surface area contributed by atoms with Crippen LogP contribution in [0.25, 0.3) is 22.2 Å². The summed E-state index contributed by atoms with van der Waals surface area (Å²) in [5.74, 6) is -0.797. The van der Waals surface area contributed by atoms with E-state index in [1.165, 1.54) is 6.20 Å². The van der Waals surface area contributed by atoms with Crippen molar-refractivity contribution in [2.75, 3.05) is 0 Å². The fourth-order valence-electron chi connectivity index (χ4n) is 1.87. The number of aromatic carboxylic acids is 1. The van der Waals surface area contributed by atoms with Gasteiger partial charge in [0.05, 0.1) is 6.20 Å². The van der Waals surface area contributed by atoms with E-state index in [0.29, 0.717) is 5.56 Å². The van der Waals surface area contributed by atoms with Crippen LogP contribution in [0, 0.1) is 0 Å². The number of benzene rings is 1. The molecule has 0 radical (unpaired) electrons. The van der Waals surface area contributed by atoms with E-state index in [4.69, 9.17) is 9.63 Å². The van der Waals surface area contributed by atoms with Crippen LogP contribution in [0.1, 0.15) is 10.4 Å². The lowest BCUT2D eigenvalue weighted by Gasteiger charge is -1.96. The van der Waals surface area contributed by atoms with Crippen molar-refractivity contribution in [3.05, 3.63) is 40.6 Å². The summed E-state index contributed by atoms with van der Waals surface area (Å²) in [7, 11) is 0. The molecule has 0 amide bonds. The highest BCUT2D eigenvalue weighted by Crippen LogP contribution is 2.32. The van der Waals surface area contributed by atoms with E-state index < -0.39 is 5.97 Å². The Labute approximate surface area is 110 Å². The van der Waals surface area contributed by atoms with E-state index in [2.05, 4.69) is 26.1 Å². The highest BCUT2D eigenvalue weighted by atomic mass is 79.9. The Morgan fingerprint density at radius 3 is 3.06 bits per heavy atom. The fraction of sp³-hybridized carbons (Fsp3) is 0. The Hall–Kier alpha value is -2.08. The Bertz CT molecular complexity index is 745. The SMILES string of the molecule is O=C(O)c1cnoc1-c1c[nH]c2cc(Br)ccc12.